The lowest BCUT2D eigenvalue weighted by Crippen LogP contribution is -2.38. The first-order valence-corrected chi connectivity index (χ1v) is 8.23. The predicted molar refractivity (Wildman–Crippen MR) is 93.0 cm³/mol. The molecule has 2 aromatic carbocycles. The summed E-state index contributed by atoms with van der Waals surface area (Å²) < 4.78 is 5.20. The van der Waals surface area contributed by atoms with Crippen molar-refractivity contribution < 1.29 is 14.3 Å². The highest BCUT2D eigenvalue weighted by molar-refractivity contribution is 5.96. The zero-order valence-electron chi connectivity index (χ0n) is 13.8. The molecule has 0 aromatic heterocycles. The van der Waals surface area contributed by atoms with Crippen LogP contribution in [0.4, 0.5) is 5.69 Å². The molecule has 0 aliphatic carbocycles. The van der Waals surface area contributed by atoms with Gasteiger partial charge < -0.3 is 9.64 Å². The van der Waals surface area contributed by atoms with Gasteiger partial charge in [0.15, 0.2) is 6.61 Å². The molecule has 2 aromatic rings. The monoisotopic (exact) mass is 323 g/mol. The van der Waals surface area contributed by atoms with E-state index in [2.05, 4.69) is 0 Å². The number of hydrogen-bond donors (Lipinski definition) is 0. The second kappa shape index (κ2) is 7.30. The maximum absolute atomic E-state index is 12.4. The molecule has 1 heterocycles. The first-order valence-electron chi connectivity index (χ1n) is 8.23. The molecule has 1 amide bonds. The van der Waals surface area contributed by atoms with E-state index in [9.17, 15) is 9.59 Å². The summed E-state index contributed by atoms with van der Waals surface area (Å²) in [6.45, 7) is 2.42. The number of hydrogen-bond acceptors (Lipinski definition) is 3. The topological polar surface area (TPSA) is 46.6 Å². The molecular formula is C20H21NO3. The average Bonchev–Trinajstić information content (AvgIpc) is 2.61. The van der Waals surface area contributed by atoms with E-state index in [1.807, 2.05) is 55.5 Å². The number of rotatable bonds is 4. The minimum absolute atomic E-state index is 0.166. The Morgan fingerprint density at radius 1 is 1.08 bits per heavy atom. The normalized spacial score (nSPS) is 13.3. The van der Waals surface area contributed by atoms with Crippen LogP contribution in [0.1, 0.15) is 23.1 Å². The third-order valence-corrected chi connectivity index (χ3v) is 4.36. The lowest BCUT2D eigenvalue weighted by Gasteiger charge is -2.29. The quantitative estimate of drug-likeness (QED) is 0.813. The summed E-state index contributed by atoms with van der Waals surface area (Å²) in [7, 11) is 0. The van der Waals surface area contributed by atoms with Crippen molar-refractivity contribution in [3.63, 3.8) is 0 Å². The van der Waals surface area contributed by atoms with Gasteiger partial charge in [-0.1, -0.05) is 42.5 Å². The van der Waals surface area contributed by atoms with E-state index in [0.29, 0.717) is 6.54 Å². The number of carbonyl (C=O) groups is 2. The summed E-state index contributed by atoms with van der Waals surface area (Å²) in [5.74, 6) is -0.539. The van der Waals surface area contributed by atoms with Crippen molar-refractivity contribution in [3.8, 4) is 0 Å². The van der Waals surface area contributed by atoms with Crippen molar-refractivity contribution in [2.45, 2.75) is 26.2 Å². The molecule has 0 bridgehead atoms. The summed E-state index contributed by atoms with van der Waals surface area (Å²) in [4.78, 5) is 26.2. The van der Waals surface area contributed by atoms with Crippen LogP contribution < -0.4 is 4.90 Å². The van der Waals surface area contributed by atoms with E-state index in [-0.39, 0.29) is 24.9 Å². The molecule has 1 aliphatic heterocycles. The number of fused-ring (bicyclic) bond motifs is 1. The van der Waals surface area contributed by atoms with Gasteiger partial charge in [0.25, 0.3) is 5.91 Å². The van der Waals surface area contributed by atoms with Gasteiger partial charge in [-0.25, -0.2) is 0 Å². The highest BCUT2D eigenvalue weighted by Gasteiger charge is 2.23. The van der Waals surface area contributed by atoms with Crippen LogP contribution >= 0.6 is 0 Å². The first kappa shape index (κ1) is 16.2. The number of benzene rings is 2. The molecule has 24 heavy (non-hydrogen) atoms. The minimum Gasteiger partial charge on any atom is -0.455 e. The van der Waals surface area contributed by atoms with Crippen LogP contribution in [0, 0.1) is 6.92 Å². The molecule has 0 atom stereocenters. The number of aryl methyl sites for hydroxylation is 2. The Hall–Kier alpha value is -2.62. The van der Waals surface area contributed by atoms with E-state index < -0.39 is 0 Å². The standard InChI is InChI=1S/C20H21NO3/c1-15-7-2-3-9-17(15)13-20(23)24-14-19(22)21-12-6-10-16-8-4-5-11-18(16)21/h2-5,7-9,11H,6,10,12-14H2,1H3. The molecule has 0 radical (unpaired) electrons. The predicted octanol–water partition coefficient (Wildman–Crippen LogP) is 3.06. The second-order valence-electron chi connectivity index (χ2n) is 6.04. The van der Waals surface area contributed by atoms with Crippen LogP contribution in [0.25, 0.3) is 0 Å². The summed E-state index contributed by atoms with van der Waals surface area (Å²) in [6.07, 6.45) is 2.10. The largest absolute Gasteiger partial charge is 0.455 e. The molecule has 124 valence electrons. The fourth-order valence-electron chi connectivity index (χ4n) is 3.03. The van der Waals surface area contributed by atoms with Crippen LogP contribution in [0.2, 0.25) is 0 Å². The smallest absolute Gasteiger partial charge is 0.310 e. The number of amides is 1. The van der Waals surface area contributed by atoms with E-state index in [0.717, 1.165) is 29.7 Å². The fourth-order valence-corrected chi connectivity index (χ4v) is 3.03. The van der Waals surface area contributed by atoms with Gasteiger partial charge in [-0.15, -0.1) is 0 Å². The minimum atomic E-state index is -0.372. The van der Waals surface area contributed by atoms with E-state index in [1.165, 1.54) is 5.56 Å². The summed E-state index contributed by atoms with van der Waals surface area (Å²) in [5, 5.41) is 0. The highest BCUT2D eigenvalue weighted by atomic mass is 16.5. The average molecular weight is 323 g/mol. The second-order valence-corrected chi connectivity index (χ2v) is 6.04. The van der Waals surface area contributed by atoms with Gasteiger partial charge in [0.2, 0.25) is 0 Å². The Morgan fingerprint density at radius 2 is 1.83 bits per heavy atom. The summed E-state index contributed by atoms with van der Waals surface area (Å²) in [5.41, 5.74) is 4.08. The Kier molecular flexibility index (Phi) is 4.94. The van der Waals surface area contributed by atoms with Crippen molar-refractivity contribution in [1.82, 2.24) is 0 Å². The molecule has 0 unspecified atom stereocenters. The molecular weight excluding hydrogens is 302 g/mol. The van der Waals surface area contributed by atoms with Gasteiger partial charge in [0.1, 0.15) is 0 Å². The maximum atomic E-state index is 12.4. The number of anilines is 1. The van der Waals surface area contributed by atoms with E-state index in [1.54, 1.807) is 4.90 Å². The molecule has 4 heteroatoms. The lowest BCUT2D eigenvalue weighted by molar-refractivity contribution is -0.147. The Morgan fingerprint density at radius 3 is 2.67 bits per heavy atom. The Balaban J connectivity index is 1.58. The van der Waals surface area contributed by atoms with Crippen LogP contribution in [0.15, 0.2) is 48.5 Å². The van der Waals surface area contributed by atoms with Gasteiger partial charge in [-0.3, -0.25) is 9.59 Å². The van der Waals surface area contributed by atoms with Gasteiger partial charge in [0, 0.05) is 12.2 Å². The van der Waals surface area contributed by atoms with Crippen LogP contribution in [0.3, 0.4) is 0 Å². The fraction of sp³-hybridized carbons (Fsp3) is 0.300. The Bertz CT molecular complexity index is 754. The summed E-state index contributed by atoms with van der Waals surface area (Å²) in [6, 6.07) is 15.6. The van der Waals surface area contributed by atoms with Gasteiger partial charge in [-0.2, -0.15) is 0 Å². The van der Waals surface area contributed by atoms with E-state index in [4.69, 9.17) is 4.74 Å². The van der Waals surface area contributed by atoms with Crippen molar-refractivity contribution in [1.29, 1.82) is 0 Å². The molecule has 0 spiro atoms. The van der Waals surface area contributed by atoms with Crippen molar-refractivity contribution in [2.75, 3.05) is 18.1 Å². The van der Waals surface area contributed by atoms with Crippen molar-refractivity contribution >= 4 is 17.6 Å². The molecule has 0 N–H and O–H groups in total. The summed E-state index contributed by atoms with van der Waals surface area (Å²) >= 11 is 0. The van der Waals surface area contributed by atoms with Crippen LogP contribution in [0.5, 0.6) is 0 Å². The molecule has 0 saturated heterocycles. The van der Waals surface area contributed by atoms with Gasteiger partial charge >= 0.3 is 5.97 Å². The maximum Gasteiger partial charge on any atom is 0.310 e. The third-order valence-electron chi connectivity index (χ3n) is 4.36. The van der Waals surface area contributed by atoms with E-state index >= 15 is 0 Å². The number of ether oxygens (including phenoxy) is 1. The molecule has 0 saturated carbocycles. The molecule has 4 nitrogen and oxygen atoms in total. The van der Waals surface area contributed by atoms with Crippen LogP contribution in [-0.4, -0.2) is 25.0 Å². The number of nitrogens with zero attached hydrogens (tertiary/aromatic N) is 1. The highest BCUT2D eigenvalue weighted by Crippen LogP contribution is 2.26. The third kappa shape index (κ3) is 3.65. The first-order chi connectivity index (χ1) is 11.6. The SMILES string of the molecule is Cc1ccccc1CC(=O)OCC(=O)N1CCCc2ccccc21. The molecule has 3 rings (SSSR count). The van der Waals surface area contributed by atoms with Crippen LogP contribution in [-0.2, 0) is 27.2 Å². The van der Waals surface area contributed by atoms with Crippen molar-refractivity contribution in [3.05, 3.63) is 65.2 Å². The van der Waals surface area contributed by atoms with Gasteiger partial charge in [0.05, 0.1) is 6.42 Å². The number of esters is 1. The molecule has 1 aliphatic rings. The molecule has 0 fully saturated rings. The number of carbonyl (C=O) groups excluding carboxylic acids is 2. The van der Waals surface area contributed by atoms with Crippen molar-refractivity contribution in [2.24, 2.45) is 0 Å². The zero-order chi connectivity index (χ0) is 16.9. The number of para-hydroxylation sites is 1. The Labute approximate surface area is 142 Å². The zero-order valence-corrected chi connectivity index (χ0v) is 13.8. The van der Waals surface area contributed by atoms with Gasteiger partial charge in [-0.05, 0) is 42.5 Å². The lowest BCUT2D eigenvalue weighted by atomic mass is 10.0.